The van der Waals surface area contributed by atoms with Crippen molar-refractivity contribution in [1.82, 2.24) is 14.5 Å². The molecule has 0 spiro atoms. The molecule has 2 aromatic heterocycles. The van der Waals surface area contributed by atoms with Crippen LogP contribution in [0.25, 0.3) is 23.2 Å². The second-order valence-electron chi connectivity index (χ2n) is 5.90. The van der Waals surface area contributed by atoms with Crippen LogP contribution >= 0.6 is 12.4 Å². The van der Waals surface area contributed by atoms with E-state index in [0.717, 1.165) is 25.1 Å². The lowest BCUT2D eigenvalue weighted by Gasteiger charge is -2.23. The number of hydrogen-bond acceptors (Lipinski definition) is 2. The van der Waals surface area contributed by atoms with Gasteiger partial charge in [0.05, 0.1) is 5.52 Å². The summed E-state index contributed by atoms with van der Waals surface area (Å²) in [6.07, 6.45) is 9.11. The minimum Gasteiger partial charge on any atom is -0.320 e. The van der Waals surface area contributed by atoms with Crippen molar-refractivity contribution in [3.05, 3.63) is 65.6 Å². The van der Waals surface area contributed by atoms with Crippen LogP contribution in [0, 0.1) is 0 Å². The van der Waals surface area contributed by atoms with E-state index >= 15 is 0 Å². The summed E-state index contributed by atoms with van der Waals surface area (Å²) in [4.78, 5) is 6.57. The van der Waals surface area contributed by atoms with E-state index in [0.29, 0.717) is 0 Å². The Balaban J connectivity index is 0.00000156. The zero-order valence-electron chi connectivity index (χ0n) is 13.1. The Morgan fingerprint density at radius 3 is 2.83 bits per heavy atom. The summed E-state index contributed by atoms with van der Waals surface area (Å²) in [5.41, 5.74) is 5.34. The van der Waals surface area contributed by atoms with Crippen LogP contribution in [0.1, 0.15) is 16.8 Å². The van der Waals surface area contributed by atoms with Crippen LogP contribution in [0.2, 0.25) is 0 Å². The summed E-state index contributed by atoms with van der Waals surface area (Å²) in [5.74, 6) is 0. The molecule has 3 heterocycles. The van der Waals surface area contributed by atoms with E-state index in [-0.39, 0.29) is 12.4 Å². The van der Waals surface area contributed by atoms with Crippen molar-refractivity contribution in [2.45, 2.75) is 13.0 Å². The van der Waals surface area contributed by atoms with Gasteiger partial charge in [-0.1, -0.05) is 24.3 Å². The largest absolute Gasteiger partial charge is 0.320 e. The first-order chi connectivity index (χ1) is 10.8. The van der Waals surface area contributed by atoms with Crippen molar-refractivity contribution in [2.24, 2.45) is 0 Å². The summed E-state index contributed by atoms with van der Waals surface area (Å²) < 4.78 is 2.35. The first-order valence-corrected chi connectivity index (χ1v) is 7.70. The second kappa shape index (κ2) is 6.57. The van der Waals surface area contributed by atoms with Crippen molar-refractivity contribution in [3.63, 3.8) is 0 Å². The number of rotatable bonds is 2. The van der Waals surface area contributed by atoms with E-state index in [1.807, 2.05) is 12.3 Å². The molecule has 0 saturated heterocycles. The maximum Gasteiger partial charge on any atom is 0.0528 e. The molecule has 1 aliphatic rings. The lowest BCUT2D eigenvalue weighted by Crippen LogP contribution is -2.26. The van der Waals surface area contributed by atoms with Gasteiger partial charge in [-0.05, 0) is 36.4 Å². The van der Waals surface area contributed by atoms with Gasteiger partial charge in [-0.15, -0.1) is 12.4 Å². The average molecular weight is 326 g/mol. The van der Waals surface area contributed by atoms with Gasteiger partial charge in [-0.2, -0.15) is 0 Å². The monoisotopic (exact) mass is 325 g/mol. The molecule has 23 heavy (non-hydrogen) atoms. The molecular weight excluding hydrogens is 306 g/mol. The van der Waals surface area contributed by atoms with Gasteiger partial charge in [0.2, 0.25) is 0 Å². The molecule has 1 aliphatic heterocycles. The minimum atomic E-state index is 0. The lowest BCUT2D eigenvalue weighted by atomic mass is 10.1. The molecule has 0 bridgehead atoms. The van der Waals surface area contributed by atoms with E-state index in [9.17, 15) is 0 Å². The van der Waals surface area contributed by atoms with Gasteiger partial charge in [0.25, 0.3) is 0 Å². The molecule has 3 aromatic rings. The van der Waals surface area contributed by atoms with E-state index in [4.69, 9.17) is 0 Å². The van der Waals surface area contributed by atoms with Crippen LogP contribution in [0.15, 0.2) is 48.8 Å². The Bertz CT molecular complexity index is 836. The third kappa shape index (κ3) is 2.90. The molecule has 1 aromatic carbocycles. The van der Waals surface area contributed by atoms with Gasteiger partial charge in [-0.25, -0.2) is 0 Å². The molecule has 0 saturated carbocycles. The minimum absolute atomic E-state index is 0. The molecule has 4 heteroatoms. The normalized spacial score (nSPS) is 14.8. The van der Waals surface area contributed by atoms with Crippen LogP contribution in [0.5, 0.6) is 0 Å². The molecule has 3 nitrogen and oxygen atoms in total. The number of para-hydroxylation sites is 1. The summed E-state index contributed by atoms with van der Waals surface area (Å²) in [6.45, 7) is 2.15. The Morgan fingerprint density at radius 1 is 1.13 bits per heavy atom. The van der Waals surface area contributed by atoms with Gasteiger partial charge in [0.1, 0.15) is 0 Å². The zero-order valence-corrected chi connectivity index (χ0v) is 14.0. The lowest BCUT2D eigenvalue weighted by molar-refractivity contribution is 0.312. The smallest absolute Gasteiger partial charge is 0.0528 e. The number of benzene rings is 1. The first-order valence-electron chi connectivity index (χ1n) is 7.70. The van der Waals surface area contributed by atoms with E-state index in [1.165, 1.54) is 22.2 Å². The van der Waals surface area contributed by atoms with Gasteiger partial charge in [0, 0.05) is 49.2 Å². The SMILES string of the molecule is CN1CCc2c(c3ccccc3n2/C=C\c2cccnc2)C1.Cl. The van der Waals surface area contributed by atoms with Crippen molar-refractivity contribution < 1.29 is 0 Å². The van der Waals surface area contributed by atoms with Gasteiger partial charge in [0.15, 0.2) is 0 Å². The zero-order chi connectivity index (χ0) is 14.9. The van der Waals surface area contributed by atoms with E-state index in [2.05, 4.69) is 64.1 Å². The fourth-order valence-electron chi connectivity index (χ4n) is 3.28. The topological polar surface area (TPSA) is 21.1 Å². The molecule has 118 valence electrons. The molecule has 0 aliphatic carbocycles. The number of likely N-dealkylation sites (N-methyl/N-ethyl adjacent to an activating group) is 1. The molecule has 0 amide bonds. The Labute approximate surface area is 142 Å². The predicted octanol–water partition coefficient (Wildman–Crippen LogP) is 4.07. The number of halogens is 1. The van der Waals surface area contributed by atoms with Crippen molar-refractivity contribution in [1.29, 1.82) is 0 Å². The average Bonchev–Trinajstić information content (AvgIpc) is 2.87. The second-order valence-corrected chi connectivity index (χ2v) is 5.90. The fraction of sp³-hybridized carbons (Fsp3) is 0.211. The van der Waals surface area contributed by atoms with Crippen molar-refractivity contribution >= 4 is 35.6 Å². The number of hydrogen-bond donors (Lipinski definition) is 0. The van der Waals surface area contributed by atoms with Gasteiger partial charge in [-0.3, -0.25) is 4.98 Å². The highest BCUT2D eigenvalue weighted by Crippen LogP contribution is 2.30. The van der Waals surface area contributed by atoms with Crippen LogP contribution in [-0.4, -0.2) is 28.0 Å². The van der Waals surface area contributed by atoms with E-state index in [1.54, 1.807) is 6.20 Å². The summed E-state index contributed by atoms with van der Waals surface area (Å²) in [5, 5.41) is 1.37. The number of pyridine rings is 1. The molecule has 0 unspecified atom stereocenters. The van der Waals surface area contributed by atoms with Crippen molar-refractivity contribution in [2.75, 3.05) is 13.6 Å². The third-order valence-electron chi connectivity index (χ3n) is 4.39. The van der Waals surface area contributed by atoms with Crippen LogP contribution in [0.4, 0.5) is 0 Å². The molecule has 4 rings (SSSR count). The maximum absolute atomic E-state index is 4.18. The standard InChI is InChI=1S/C19H19N3.ClH/c1-21-11-9-19-17(14-21)16-6-2-3-7-18(16)22(19)12-8-15-5-4-10-20-13-15;/h2-8,10,12-13H,9,11,14H2,1H3;1H/b12-8-;. The highest BCUT2D eigenvalue weighted by Gasteiger charge is 2.20. The summed E-state index contributed by atoms with van der Waals surface area (Å²) >= 11 is 0. The fourth-order valence-corrected chi connectivity index (χ4v) is 3.28. The maximum atomic E-state index is 4.18. The van der Waals surface area contributed by atoms with Gasteiger partial charge < -0.3 is 9.47 Å². The highest BCUT2D eigenvalue weighted by molar-refractivity contribution is 5.88. The molecule has 0 atom stereocenters. The van der Waals surface area contributed by atoms with E-state index < -0.39 is 0 Å². The van der Waals surface area contributed by atoms with Crippen molar-refractivity contribution in [3.8, 4) is 0 Å². The molecular formula is C19H20ClN3. The number of aromatic nitrogens is 2. The van der Waals surface area contributed by atoms with Crippen LogP contribution < -0.4 is 0 Å². The Morgan fingerprint density at radius 2 is 2.00 bits per heavy atom. The molecule has 0 fully saturated rings. The summed E-state index contributed by atoms with van der Waals surface area (Å²) in [6, 6.07) is 12.7. The Hall–Kier alpha value is -2.10. The highest BCUT2D eigenvalue weighted by atomic mass is 35.5. The third-order valence-corrected chi connectivity index (χ3v) is 4.39. The first kappa shape index (κ1) is 15.8. The van der Waals surface area contributed by atoms with Crippen LogP contribution in [-0.2, 0) is 13.0 Å². The quantitative estimate of drug-likeness (QED) is 0.708. The number of nitrogens with zero attached hydrogens (tertiary/aromatic N) is 3. The van der Waals surface area contributed by atoms with Crippen LogP contribution in [0.3, 0.4) is 0 Å². The molecule has 0 radical (unpaired) electrons. The van der Waals surface area contributed by atoms with Gasteiger partial charge >= 0.3 is 0 Å². The predicted molar refractivity (Wildman–Crippen MR) is 98.7 cm³/mol. The summed E-state index contributed by atoms with van der Waals surface area (Å²) in [7, 11) is 2.19. The number of fused-ring (bicyclic) bond motifs is 3. The molecule has 0 N–H and O–H groups in total. The Kier molecular flexibility index (Phi) is 4.51.